The van der Waals surface area contributed by atoms with Gasteiger partial charge in [0.2, 0.25) is 5.91 Å². The molecule has 24 heavy (non-hydrogen) atoms. The number of hydrogen-bond donors (Lipinski definition) is 3. The first-order chi connectivity index (χ1) is 11.5. The molecule has 0 saturated heterocycles. The fraction of sp³-hybridized carbons (Fsp3) is 0.632. The molecule has 0 unspecified atom stereocenters. The molecule has 2 rings (SSSR count). The summed E-state index contributed by atoms with van der Waals surface area (Å²) in [7, 11) is 0. The van der Waals surface area contributed by atoms with Crippen molar-refractivity contribution >= 4 is 5.91 Å². The SMILES string of the molecule is CC(C)Cc1cccc2c1CN(C[C@H](C)NC(=O)CNO)CCC2. The van der Waals surface area contributed by atoms with Crippen LogP contribution in [-0.4, -0.2) is 41.7 Å². The molecule has 5 heteroatoms. The van der Waals surface area contributed by atoms with Crippen molar-refractivity contribution in [2.24, 2.45) is 5.92 Å². The van der Waals surface area contributed by atoms with Gasteiger partial charge >= 0.3 is 0 Å². The third-order valence-electron chi connectivity index (χ3n) is 4.48. The molecular formula is C19H31N3O2. The Labute approximate surface area is 145 Å². The molecule has 1 aliphatic heterocycles. The van der Waals surface area contributed by atoms with E-state index in [1.807, 2.05) is 12.4 Å². The Kier molecular flexibility index (Phi) is 7.21. The van der Waals surface area contributed by atoms with Gasteiger partial charge in [-0.05, 0) is 55.3 Å². The maximum absolute atomic E-state index is 11.6. The van der Waals surface area contributed by atoms with E-state index in [0.29, 0.717) is 5.92 Å². The molecule has 1 aromatic rings. The standard InChI is InChI=1S/C19H31N3O2/c1-14(2)10-17-7-4-6-16-8-5-9-22(13-18(16)17)12-15(3)21-19(23)11-20-24/h4,6-7,14-15,20,24H,5,8-13H2,1-3H3,(H,21,23)/t15-/m0/s1. The molecule has 0 aliphatic carbocycles. The first-order valence-electron chi connectivity index (χ1n) is 8.98. The van der Waals surface area contributed by atoms with Crippen LogP contribution in [0.1, 0.15) is 43.9 Å². The topological polar surface area (TPSA) is 64.6 Å². The van der Waals surface area contributed by atoms with Crippen molar-refractivity contribution in [2.45, 2.75) is 52.6 Å². The highest BCUT2D eigenvalue weighted by Gasteiger charge is 2.19. The molecule has 0 bridgehead atoms. The van der Waals surface area contributed by atoms with E-state index >= 15 is 0 Å². The summed E-state index contributed by atoms with van der Waals surface area (Å²) >= 11 is 0. The summed E-state index contributed by atoms with van der Waals surface area (Å²) in [5, 5.41) is 11.5. The first kappa shape index (κ1) is 18.9. The molecule has 0 saturated carbocycles. The number of nitrogens with one attached hydrogen (secondary N) is 2. The van der Waals surface area contributed by atoms with Gasteiger partial charge in [0.1, 0.15) is 0 Å². The van der Waals surface area contributed by atoms with E-state index in [0.717, 1.165) is 38.9 Å². The summed E-state index contributed by atoms with van der Waals surface area (Å²) in [5.41, 5.74) is 6.34. The van der Waals surface area contributed by atoms with Crippen LogP contribution in [0.2, 0.25) is 0 Å². The van der Waals surface area contributed by atoms with Crippen LogP contribution < -0.4 is 10.8 Å². The van der Waals surface area contributed by atoms with Crippen LogP contribution in [0.15, 0.2) is 18.2 Å². The number of benzene rings is 1. The van der Waals surface area contributed by atoms with E-state index in [2.05, 4.69) is 42.3 Å². The van der Waals surface area contributed by atoms with Crippen molar-refractivity contribution < 1.29 is 10.0 Å². The minimum Gasteiger partial charge on any atom is -0.351 e. The molecule has 5 nitrogen and oxygen atoms in total. The molecule has 1 aromatic carbocycles. The molecule has 1 amide bonds. The van der Waals surface area contributed by atoms with E-state index in [1.165, 1.54) is 16.7 Å². The fourth-order valence-electron chi connectivity index (χ4n) is 3.54. The second-order valence-electron chi connectivity index (χ2n) is 7.29. The smallest absolute Gasteiger partial charge is 0.236 e. The first-order valence-corrected chi connectivity index (χ1v) is 8.98. The molecule has 0 fully saturated rings. The molecule has 1 heterocycles. The molecule has 1 atom stereocenters. The van der Waals surface area contributed by atoms with Crippen molar-refractivity contribution in [3.63, 3.8) is 0 Å². The Bertz CT molecular complexity index is 545. The second kappa shape index (κ2) is 9.16. The van der Waals surface area contributed by atoms with Crippen LogP contribution in [0.5, 0.6) is 0 Å². The van der Waals surface area contributed by atoms with Crippen molar-refractivity contribution in [3.8, 4) is 0 Å². The quantitative estimate of drug-likeness (QED) is 0.669. The van der Waals surface area contributed by atoms with Crippen LogP contribution in [0, 0.1) is 5.92 Å². The van der Waals surface area contributed by atoms with Crippen LogP contribution in [0.3, 0.4) is 0 Å². The van der Waals surface area contributed by atoms with Gasteiger partial charge in [-0.1, -0.05) is 32.0 Å². The zero-order valence-corrected chi connectivity index (χ0v) is 15.1. The molecule has 134 valence electrons. The molecular weight excluding hydrogens is 302 g/mol. The molecule has 3 N–H and O–H groups in total. The minimum atomic E-state index is -0.180. The van der Waals surface area contributed by atoms with Crippen LogP contribution in [-0.2, 0) is 24.2 Å². The van der Waals surface area contributed by atoms with Crippen LogP contribution in [0.4, 0.5) is 0 Å². The monoisotopic (exact) mass is 333 g/mol. The normalized spacial score (nSPS) is 16.5. The second-order valence-corrected chi connectivity index (χ2v) is 7.29. The number of rotatable bonds is 7. The Hall–Kier alpha value is -1.43. The van der Waals surface area contributed by atoms with E-state index in [-0.39, 0.29) is 18.5 Å². The lowest BCUT2D eigenvalue weighted by atomic mass is 9.93. The predicted octanol–water partition coefficient (Wildman–Crippen LogP) is 2.12. The van der Waals surface area contributed by atoms with Crippen molar-refractivity contribution in [1.29, 1.82) is 0 Å². The Morgan fingerprint density at radius 1 is 1.33 bits per heavy atom. The highest BCUT2D eigenvalue weighted by molar-refractivity contribution is 5.78. The number of carbonyl (C=O) groups excluding carboxylic acids is 1. The average molecular weight is 333 g/mol. The van der Waals surface area contributed by atoms with E-state index in [4.69, 9.17) is 5.21 Å². The van der Waals surface area contributed by atoms with Crippen molar-refractivity contribution in [1.82, 2.24) is 15.7 Å². The maximum atomic E-state index is 11.6. The van der Waals surface area contributed by atoms with Gasteiger partial charge in [0.25, 0.3) is 0 Å². The number of nitrogens with zero attached hydrogens (tertiary/aromatic N) is 1. The Balaban J connectivity index is 2.04. The van der Waals surface area contributed by atoms with Gasteiger partial charge in [0.15, 0.2) is 0 Å². The number of hydroxylamine groups is 1. The highest BCUT2D eigenvalue weighted by Crippen LogP contribution is 2.24. The predicted molar refractivity (Wildman–Crippen MR) is 96.0 cm³/mol. The Morgan fingerprint density at radius 2 is 2.12 bits per heavy atom. The zero-order valence-electron chi connectivity index (χ0n) is 15.1. The molecule has 0 aromatic heterocycles. The van der Waals surface area contributed by atoms with E-state index in [1.54, 1.807) is 0 Å². The number of fused-ring (bicyclic) bond motifs is 1. The fourth-order valence-corrected chi connectivity index (χ4v) is 3.54. The lowest BCUT2D eigenvalue weighted by molar-refractivity contribution is -0.122. The zero-order chi connectivity index (χ0) is 17.5. The number of amides is 1. The molecule has 0 spiro atoms. The van der Waals surface area contributed by atoms with Gasteiger partial charge in [0, 0.05) is 19.1 Å². The highest BCUT2D eigenvalue weighted by atomic mass is 16.5. The number of carbonyl (C=O) groups is 1. The summed E-state index contributed by atoms with van der Waals surface area (Å²) in [4.78, 5) is 14.0. The van der Waals surface area contributed by atoms with E-state index in [9.17, 15) is 4.79 Å². The largest absolute Gasteiger partial charge is 0.351 e. The summed E-state index contributed by atoms with van der Waals surface area (Å²) in [6.45, 7) is 9.31. The maximum Gasteiger partial charge on any atom is 0.236 e. The summed E-state index contributed by atoms with van der Waals surface area (Å²) in [5.74, 6) is 0.470. The summed E-state index contributed by atoms with van der Waals surface area (Å²) in [6, 6.07) is 6.78. The van der Waals surface area contributed by atoms with Crippen LogP contribution in [0.25, 0.3) is 0 Å². The van der Waals surface area contributed by atoms with E-state index < -0.39 is 0 Å². The average Bonchev–Trinajstić information content (AvgIpc) is 2.69. The van der Waals surface area contributed by atoms with Gasteiger partial charge < -0.3 is 10.5 Å². The van der Waals surface area contributed by atoms with Gasteiger partial charge in [-0.15, -0.1) is 0 Å². The van der Waals surface area contributed by atoms with Gasteiger partial charge in [-0.2, -0.15) is 5.48 Å². The number of aryl methyl sites for hydroxylation is 1. The molecule has 1 aliphatic rings. The lowest BCUT2D eigenvalue weighted by Gasteiger charge is -2.26. The van der Waals surface area contributed by atoms with Crippen molar-refractivity contribution in [3.05, 3.63) is 34.9 Å². The lowest BCUT2D eigenvalue weighted by Crippen LogP contribution is -2.44. The minimum absolute atomic E-state index is 0.0599. The van der Waals surface area contributed by atoms with Gasteiger partial charge in [-0.25, -0.2) is 0 Å². The van der Waals surface area contributed by atoms with Crippen molar-refractivity contribution in [2.75, 3.05) is 19.6 Å². The van der Waals surface area contributed by atoms with Gasteiger partial charge in [0.05, 0.1) is 6.54 Å². The van der Waals surface area contributed by atoms with Gasteiger partial charge in [-0.3, -0.25) is 9.69 Å². The van der Waals surface area contributed by atoms with Crippen LogP contribution >= 0.6 is 0 Å². The summed E-state index contributed by atoms with van der Waals surface area (Å²) in [6.07, 6.45) is 3.40. The molecule has 0 radical (unpaired) electrons. The Morgan fingerprint density at radius 3 is 2.83 bits per heavy atom. The number of hydrogen-bond acceptors (Lipinski definition) is 4. The summed E-state index contributed by atoms with van der Waals surface area (Å²) < 4.78 is 0. The third-order valence-corrected chi connectivity index (χ3v) is 4.48. The third kappa shape index (κ3) is 5.58.